The minimum atomic E-state index is -0.615. The number of benzene rings is 1. The first-order chi connectivity index (χ1) is 10.5. The Morgan fingerprint density at radius 3 is 2.50 bits per heavy atom. The molecule has 7 nitrogen and oxygen atoms in total. The van der Waals surface area contributed by atoms with Gasteiger partial charge in [0.25, 0.3) is 11.4 Å². The fourth-order valence-electron chi connectivity index (χ4n) is 4.17. The zero-order chi connectivity index (χ0) is 15.9. The van der Waals surface area contributed by atoms with Gasteiger partial charge in [0.1, 0.15) is 5.69 Å². The summed E-state index contributed by atoms with van der Waals surface area (Å²) in [5.74, 6) is 2.06. The molecular weight excluding hydrogens is 286 g/mol. The number of non-ortho nitro benzene ring substituents is 1. The zero-order valence-corrected chi connectivity index (χ0v) is 12.4. The molecule has 4 unspecified atom stereocenters. The summed E-state index contributed by atoms with van der Waals surface area (Å²) in [5, 5.41) is 25.2. The molecule has 1 N–H and O–H groups in total. The van der Waals surface area contributed by atoms with Crippen molar-refractivity contribution >= 4 is 17.1 Å². The Kier molecular flexibility index (Phi) is 3.72. The monoisotopic (exact) mass is 305 g/mol. The van der Waals surface area contributed by atoms with Gasteiger partial charge in [-0.3, -0.25) is 20.2 Å². The molecule has 2 aliphatic rings. The maximum absolute atomic E-state index is 11.2. The van der Waals surface area contributed by atoms with E-state index >= 15 is 0 Å². The molecule has 1 aromatic carbocycles. The van der Waals surface area contributed by atoms with Gasteiger partial charge in [0.15, 0.2) is 0 Å². The highest BCUT2D eigenvalue weighted by Crippen LogP contribution is 2.50. The lowest BCUT2D eigenvalue weighted by atomic mass is 9.84. The van der Waals surface area contributed by atoms with Gasteiger partial charge < -0.3 is 5.32 Å². The van der Waals surface area contributed by atoms with Gasteiger partial charge >= 0.3 is 0 Å². The number of nitrogens with zero attached hydrogens (tertiary/aromatic N) is 2. The van der Waals surface area contributed by atoms with Crippen molar-refractivity contribution in [1.82, 2.24) is 0 Å². The molecule has 22 heavy (non-hydrogen) atoms. The number of nitrogens with one attached hydrogen (secondary N) is 1. The third-order valence-electron chi connectivity index (χ3n) is 5.21. The van der Waals surface area contributed by atoms with Gasteiger partial charge in [-0.1, -0.05) is 6.42 Å². The second-order valence-electron chi connectivity index (χ2n) is 6.49. The lowest BCUT2D eigenvalue weighted by Crippen LogP contribution is -2.30. The molecule has 2 bridgehead atoms. The van der Waals surface area contributed by atoms with Crippen LogP contribution in [0.1, 0.15) is 32.6 Å². The van der Waals surface area contributed by atoms with Crippen molar-refractivity contribution < 1.29 is 9.85 Å². The van der Waals surface area contributed by atoms with Crippen LogP contribution in [0.25, 0.3) is 0 Å². The second-order valence-corrected chi connectivity index (χ2v) is 6.49. The average Bonchev–Trinajstić information content (AvgIpc) is 3.09. The molecule has 2 saturated carbocycles. The molecule has 2 fully saturated rings. The Morgan fingerprint density at radius 2 is 1.95 bits per heavy atom. The first kappa shape index (κ1) is 14.7. The highest BCUT2D eigenvalue weighted by atomic mass is 16.6. The maximum atomic E-state index is 11.2. The van der Waals surface area contributed by atoms with Gasteiger partial charge in [-0.25, -0.2) is 0 Å². The first-order valence-corrected chi connectivity index (χ1v) is 7.65. The topological polar surface area (TPSA) is 98.3 Å². The molecule has 2 aliphatic carbocycles. The van der Waals surface area contributed by atoms with Crippen molar-refractivity contribution in [3.05, 3.63) is 38.4 Å². The summed E-state index contributed by atoms with van der Waals surface area (Å²) in [7, 11) is 0. The van der Waals surface area contributed by atoms with E-state index in [1.54, 1.807) is 0 Å². The number of anilines is 1. The normalized spacial score (nSPS) is 27.6. The molecule has 0 saturated heterocycles. The molecule has 118 valence electrons. The van der Waals surface area contributed by atoms with Crippen LogP contribution in [0.4, 0.5) is 17.1 Å². The van der Waals surface area contributed by atoms with Crippen molar-refractivity contribution in [2.24, 2.45) is 17.8 Å². The van der Waals surface area contributed by atoms with Crippen LogP contribution in [0.5, 0.6) is 0 Å². The zero-order valence-electron chi connectivity index (χ0n) is 12.4. The predicted octanol–water partition coefficient (Wildman–Crippen LogP) is 3.74. The van der Waals surface area contributed by atoms with Crippen LogP contribution in [0, 0.1) is 38.0 Å². The summed E-state index contributed by atoms with van der Waals surface area (Å²) in [6.45, 7) is 2.05. The number of fused-ring (bicyclic) bond motifs is 2. The Morgan fingerprint density at radius 1 is 1.18 bits per heavy atom. The van der Waals surface area contributed by atoms with Crippen molar-refractivity contribution in [3.63, 3.8) is 0 Å². The molecule has 1 aromatic rings. The second kappa shape index (κ2) is 5.55. The third kappa shape index (κ3) is 2.63. The van der Waals surface area contributed by atoms with Crippen LogP contribution in [-0.2, 0) is 0 Å². The summed E-state index contributed by atoms with van der Waals surface area (Å²) in [5.41, 5.74) is -0.125. The third-order valence-corrected chi connectivity index (χ3v) is 5.21. The van der Waals surface area contributed by atoms with Crippen molar-refractivity contribution in [3.8, 4) is 0 Å². The number of nitro groups is 2. The molecule has 0 heterocycles. The van der Waals surface area contributed by atoms with Crippen molar-refractivity contribution in [2.75, 3.05) is 5.32 Å². The van der Waals surface area contributed by atoms with Crippen molar-refractivity contribution in [1.29, 1.82) is 0 Å². The van der Waals surface area contributed by atoms with E-state index in [9.17, 15) is 20.2 Å². The SMILES string of the molecule is CC(Nc1ccc([N+](=O)[O-])cc1[N+](=O)[O-])C1CC2CCC1C2. The van der Waals surface area contributed by atoms with E-state index in [2.05, 4.69) is 12.2 Å². The van der Waals surface area contributed by atoms with E-state index < -0.39 is 9.85 Å². The summed E-state index contributed by atoms with van der Waals surface area (Å²) in [4.78, 5) is 20.8. The maximum Gasteiger partial charge on any atom is 0.299 e. The van der Waals surface area contributed by atoms with Crippen LogP contribution in [0.3, 0.4) is 0 Å². The van der Waals surface area contributed by atoms with Gasteiger partial charge in [-0.15, -0.1) is 0 Å². The number of nitro benzene ring substituents is 2. The van der Waals surface area contributed by atoms with E-state index in [4.69, 9.17) is 0 Å². The van der Waals surface area contributed by atoms with Gasteiger partial charge in [0.2, 0.25) is 0 Å². The number of hydrogen-bond donors (Lipinski definition) is 1. The van der Waals surface area contributed by atoms with Crippen LogP contribution >= 0.6 is 0 Å². The smallest absolute Gasteiger partial charge is 0.299 e. The van der Waals surface area contributed by atoms with Gasteiger partial charge in [0.05, 0.1) is 15.9 Å². The quantitative estimate of drug-likeness (QED) is 0.660. The van der Waals surface area contributed by atoms with Gasteiger partial charge in [-0.2, -0.15) is 0 Å². The Labute approximate surface area is 128 Å². The standard InChI is InChI=1S/C15H19N3O4/c1-9(13-7-10-2-3-11(13)6-10)16-14-5-4-12(17(19)20)8-15(14)18(21)22/h4-5,8-11,13,16H,2-3,6-7H2,1H3. The van der Waals surface area contributed by atoms with Crippen LogP contribution in [0.2, 0.25) is 0 Å². The average molecular weight is 305 g/mol. The minimum absolute atomic E-state index is 0.135. The molecular formula is C15H19N3O4. The fraction of sp³-hybridized carbons (Fsp3) is 0.600. The molecule has 7 heteroatoms. The number of rotatable bonds is 5. The molecule has 0 amide bonds. The lowest BCUT2D eigenvalue weighted by Gasteiger charge is -2.29. The highest BCUT2D eigenvalue weighted by molar-refractivity contribution is 5.65. The summed E-state index contributed by atoms with van der Waals surface area (Å²) in [6, 6.07) is 3.91. The molecule has 0 aromatic heterocycles. The van der Waals surface area contributed by atoms with Gasteiger partial charge in [-0.05, 0) is 50.0 Å². The van der Waals surface area contributed by atoms with E-state index in [-0.39, 0.29) is 17.4 Å². The first-order valence-electron chi connectivity index (χ1n) is 7.65. The Hall–Kier alpha value is -2.18. The Balaban J connectivity index is 1.79. The van der Waals surface area contributed by atoms with Crippen molar-refractivity contribution in [2.45, 2.75) is 38.6 Å². The highest BCUT2D eigenvalue weighted by Gasteiger charge is 2.42. The molecule has 4 atom stereocenters. The summed E-state index contributed by atoms with van der Waals surface area (Å²) >= 11 is 0. The minimum Gasteiger partial charge on any atom is -0.377 e. The van der Waals surface area contributed by atoms with E-state index in [1.807, 2.05) is 0 Å². The molecule has 0 aliphatic heterocycles. The fourth-order valence-corrected chi connectivity index (χ4v) is 4.17. The van der Waals surface area contributed by atoms with Gasteiger partial charge in [0, 0.05) is 12.1 Å². The predicted molar refractivity (Wildman–Crippen MR) is 81.8 cm³/mol. The summed E-state index contributed by atoms with van der Waals surface area (Å²) in [6.07, 6.45) is 5.02. The Bertz CT molecular complexity index is 619. The molecule has 0 spiro atoms. The van der Waals surface area contributed by atoms with Crippen LogP contribution < -0.4 is 5.32 Å². The van der Waals surface area contributed by atoms with Crippen LogP contribution in [-0.4, -0.2) is 15.9 Å². The summed E-state index contributed by atoms with van der Waals surface area (Å²) < 4.78 is 0. The largest absolute Gasteiger partial charge is 0.377 e. The lowest BCUT2D eigenvalue weighted by molar-refractivity contribution is -0.393. The molecule has 0 radical (unpaired) electrons. The van der Waals surface area contributed by atoms with Crippen LogP contribution in [0.15, 0.2) is 18.2 Å². The number of hydrogen-bond acceptors (Lipinski definition) is 5. The molecule has 3 rings (SSSR count). The van der Waals surface area contributed by atoms with E-state index in [1.165, 1.54) is 37.8 Å². The van der Waals surface area contributed by atoms with E-state index in [0.717, 1.165) is 12.0 Å². The van der Waals surface area contributed by atoms with E-state index in [0.29, 0.717) is 17.5 Å².